The Morgan fingerprint density at radius 1 is 1.44 bits per heavy atom. The predicted molar refractivity (Wildman–Crippen MR) is 69.6 cm³/mol. The average Bonchev–Trinajstić information content (AvgIpc) is 2.28. The molecule has 4 heteroatoms. The van der Waals surface area contributed by atoms with Gasteiger partial charge in [0, 0.05) is 18.2 Å². The molecule has 1 rings (SSSR count). The first-order chi connectivity index (χ1) is 7.47. The molecule has 0 aliphatic carbocycles. The number of likely N-dealkylation sites (N-methyl/N-ethyl adjacent to an activating group) is 1. The molecule has 0 radical (unpaired) electrons. The molecule has 1 aromatic rings. The molecule has 0 fully saturated rings. The highest BCUT2D eigenvalue weighted by Crippen LogP contribution is 2.25. The number of halogens is 1. The second-order valence-electron chi connectivity index (χ2n) is 3.73. The number of hydrogen-bond donors (Lipinski definition) is 0. The van der Waals surface area contributed by atoms with Crippen molar-refractivity contribution in [1.29, 1.82) is 0 Å². The van der Waals surface area contributed by atoms with Crippen LogP contribution < -0.4 is 0 Å². The van der Waals surface area contributed by atoms with Crippen LogP contribution in [0.1, 0.15) is 16.7 Å². The molecule has 3 nitrogen and oxygen atoms in total. The van der Waals surface area contributed by atoms with Crippen LogP contribution in [0.3, 0.4) is 0 Å². The van der Waals surface area contributed by atoms with Crippen molar-refractivity contribution < 1.29 is 4.79 Å². The van der Waals surface area contributed by atoms with E-state index in [1.807, 2.05) is 26.0 Å². The topological polar surface area (TPSA) is 32.7 Å². The standard InChI is InChI=1S/C12H15BrN2O/c1-8-5-6-9(2)12(13)10(8)7-11(16)15(4)14-3/h5-6H,3,7H2,1-2,4H3. The van der Waals surface area contributed by atoms with E-state index < -0.39 is 0 Å². The van der Waals surface area contributed by atoms with Crippen molar-refractivity contribution in [1.82, 2.24) is 5.01 Å². The Labute approximate surface area is 104 Å². The summed E-state index contributed by atoms with van der Waals surface area (Å²) in [6, 6.07) is 4.05. The lowest BCUT2D eigenvalue weighted by atomic mass is 10.0. The molecule has 86 valence electrons. The van der Waals surface area contributed by atoms with Gasteiger partial charge in [0.1, 0.15) is 0 Å². The van der Waals surface area contributed by atoms with E-state index in [1.165, 1.54) is 5.01 Å². The van der Waals surface area contributed by atoms with E-state index in [-0.39, 0.29) is 5.91 Å². The second kappa shape index (κ2) is 5.25. The molecular weight excluding hydrogens is 268 g/mol. The lowest BCUT2D eigenvalue weighted by Crippen LogP contribution is -2.23. The zero-order chi connectivity index (χ0) is 12.3. The molecule has 16 heavy (non-hydrogen) atoms. The summed E-state index contributed by atoms with van der Waals surface area (Å²) in [5.41, 5.74) is 3.24. The van der Waals surface area contributed by atoms with Gasteiger partial charge in [-0.1, -0.05) is 28.1 Å². The molecule has 0 aromatic heterocycles. The third kappa shape index (κ3) is 2.70. The van der Waals surface area contributed by atoms with Gasteiger partial charge in [-0.15, -0.1) is 0 Å². The highest BCUT2D eigenvalue weighted by Gasteiger charge is 2.13. The number of carbonyl (C=O) groups excluding carboxylic acids is 1. The molecule has 0 aliphatic rings. The van der Waals surface area contributed by atoms with E-state index in [2.05, 4.69) is 27.7 Å². The lowest BCUT2D eigenvalue weighted by Gasteiger charge is -2.13. The maximum atomic E-state index is 11.7. The van der Waals surface area contributed by atoms with Crippen LogP contribution in [0.25, 0.3) is 0 Å². The fraction of sp³-hybridized carbons (Fsp3) is 0.333. The summed E-state index contributed by atoms with van der Waals surface area (Å²) in [7, 11) is 1.61. The molecule has 0 N–H and O–H groups in total. The number of carbonyl (C=O) groups is 1. The zero-order valence-electron chi connectivity index (χ0n) is 9.75. The van der Waals surface area contributed by atoms with Gasteiger partial charge in [0.2, 0.25) is 5.91 Å². The maximum absolute atomic E-state index is 11.7. The van der Waals surface area contributed by atoms with Crippen LogP contribution in [0, 0.1) is 13.8 Å². The van der Waals surface area contributed by atoms with E-state index in [0.29, 0.717) is 6.42 Å². The Bertz CT molecular complexity index is 429. The number of amides is 1. The summed E-state index contributed by atoms with van der Waals surface area (Å²) in [6.45, 7) is 7.33. The van der Waals surface area contributed by atoms with Gasteiger partial charge in [0.25, 0.3) is 0 Å². The van der Waals surface area contributed by atoms with E-state index in [1.54, 1.807) is 7.05 Å². The maximum Gasteiger partial charge on any atom is 0.246 e. The first-order valence-corrected chi connectivity index (χ1v) is 5.74. The van der Waals surface area contributed by atoms with Crippen LogP contribution in [0.2, 0.25) is 0 Å². The average molecular weight is 283 g/mol. The number of benzene rings is 1. The Kier molecular flexibility index (Phi) is 4.24. The minimum absolute atomic E-state index is 0.0654. The van der Waals surface area contributed by atoms with Gasteiger partial charge in [0.05, 0.1) is 6.42 Å². The second-order valence-corrected chi connectivity index (χ2v) is 4.52. The highest BCUT2D eigenvalue weighted by molar-refractivity contribution is 9.10. The third-order valence-electron chi connectivity index (χ3n) is 2.57. The van der Waals surface area contributed by atoms with Crippen molar-refractivity contribution in [3.63, 3.8) is 0 Å². The van der Waals surface area contributed by atoms with Crippen molar-refractivity contribution >= 4 is 28.6 Å². The fourth-order valence-corrected chi connectivity index (χ4v) is 1.98. The first-order valence-electron chi connectivity index (χ1n) is 4.95. The van der Waals surface area contributed by atoms with Gasteiger partial charge >= 0.3 is 0 Å². The molecule has 0 spiro atoms. The van der Waals surface area contributed by atoms with Crippen molar-refractivity contribution in [2.24, 2.45) is 5.10 Å². The van der Waals surface area contributed by atoms with E-state index in [4.69, 9.17) is 0 Å². The molecule has 1 amide bonds. The predicted octanol–water partition coefficient (Wildman–Crippen LogP) is 2.68. The molecule has 0 heterocycles. The summed E-state index contributed by atoms with van der Waals surface area (Å²) >= 11 is 3.51. The van der Waals surface area contributed by atoms with Crippen LogP contribution in [0.5, 0.6) is 0 Å². The Morgan fingerprint density at radius 3 is 2.56 bits per heavy atom. The Hall–Kier alpha value is -1.16. The summed E-state index contributed by atoms with van der Waals surface area (Å²) in [6.07, 6.45) is 0.337. The van der Waals surface area contributed by atoms with E-state index >= 15 is 0 Å². The van der Waals surface area contributed by atoms with E-state index in [9.17, 15) is 4.79 Å². The zero-order valence-corrected chi connectivity index (χ0v) is 11.3. The smallest absolute Gasteiger partial charge is 0.246 e. The number of aryl methyl sites for hydroxylation is 2. The highest BCUT2D eigenvalue weighted by atomic mass is 79.9. The van der Waals surface area contributed by atoms with Gasteiger partial charge in [-0.25, -0.2) is 5.01 Å². The Balaban J connectivity index is 3.01. The van der Waals surface area contributed by atoms with Crippen LogP contribution in [-0.2, 0) is 11.2 Å². The molecule has 0 saturated heterocycles. The SMILES string of the molecule is C=NN(C)C(=O)Cc1c(C)ccc(C)c1Br. The van der Waals surface area contributed by atoms with Crippen LogP contribution in [0.4, 0.5) is 0 Å². The van der Waals surface area contributed by atoms with E-state index in [0.717, 1.165) is 21.2 Å². The molecule has 1 aromatic carbocycles. The molecule has 0 aliphatic heterocycles. The third-order valence-corrected chi connectivity index (χ3v) is 3.68. The van der Waals surface area contributed by atoms with Crippen molar-refractivity contribution in [3.05, 3.63) is 33.3 Å². The molecule has 0 bridgehead atoms. The van der Waals surface area contributed by atoms with Crippen LogP contribution in [0.15, 0.2) is 21.7 Å². The number of rotatable bonds is 3. The van der Waals surface area contributed by atoms with Crippen molar-refractivity contribution in [2.75, 3.05) is 7.05 Å². The van der Waals surface area contributed by atoms with Crippen LogP contribution >= 0.6 is 15.9 Å². The molecule has 0 atom stereocenters. The molecule has 0 saturated carbocycles. The first kappa shape index (κ1) is 12.9. The van der Waals surface area contributed by atoms with Crippen molar-refractivity contribution in [2.45, 2.75) is 20.3 Å². The largest absolute Gasteiger partial charge is 0.273 e. The van der Waals surface area contributed by atoms with Gasteiger partial charge in [-0.05, 0) is 30.5 Å². The summed E-state index contributed by atoms with van der Waals surface area (Å²) in [4.78, 5) is 11.7. The summed E-state index contributed by atoms with van der Waals surface area (Å²) < 4.78 is 0.998. The number of hydrogen-bond acceptors (Lipinski definition) is 2. The number of hydrazone groups is 1. The lowest BCUT2D eigenvalue weighted by molar-refractivity contribution is -0.129. The fourth-order valence-electron chi connectivity index (χ4n) is 1.40. The van der Waals surface area contributed by atoms with Gasteiger partial charge in [0.15, 0.2) is 0 Å². The monoisotopic (exact) mass is 282 g/mol. The minimum atomic E-state index is -0.0654. The van der Waals surface area contributed by atoms with Gasteiger partial charge in [-0.2, -0.15) is 5.10 Å². The normalized spacial score (nSPS) is 10.0. The van der Waals surface area contributed by atoms with Crippen LogP contribution in [-0.4, -0.2) is 24.7 Å². The molecular formula is C12H15BrN2O. The minimum Gasteiger partial charge on any atom is -0.273 e. The van der Waals surface area contributed by atoms with Gasteiger partial charge < -0.3 is 0 Å². The molecule has 0 unspecified atom stereocenters. The number of nitrogens with zero attached hydrogens (tertiary/aromatic N) is 2. The Morgan fingerprint density at radius 2 is 2.00 bits per heavy atom. The van der Waals surface area contributed by atoms with Crippen molar-refractivity contribution in [3.8, 4) is 0 Å². The summed E-state index contributed by atoms with van der Waals surface area (Å²) in [5, 5.41) is 4.84. The summed E-state index contributed by atoms with van der Waals surface area (Å²) in [5.74, 6) is -0.0654. The quantitative estimate of drug-likeness (QED) is 0.620. The van der Waals surface area contributed by atoms with Gasteiger partial charge in [-0.3, -0.25) is 4.79 Å².